The Kier molecular flexibility index (Phi) is 3.65. The lowest BCUT2D eigenvalue weighted by atomic mass is 10.0. The molecular formula is C9H12F3NO4. The minimum Gasteiger partial charge on any atom is -0.481 e. The number of halogens is 3. The maximum atomic E-state index is 10.6. The normalized spacial score (nSPS) is 34.4. The molecule has 2 saturated carbocycles. The highest BCUT2D eigenvalue weighted by Gasteiger charge is 2.55. The van der Waals surface area contributed by atoms with Gasteiger partial charge in [0.05, 0.1) is 5.92 Å². The molecule has 8 heteroatoms. The van der Waals surface area contributed by atoms with Crippen molar-refractivity contribution in [3.05, 3.63) is 0 Å². The largest absolute Gasteiger partial charge is 0.490 e. The van der Waals surface area contributed by atoms with Crippen molar-refractivity contribution in [1.82, 2.24) is 0 Å². The van der Waals surface area contributed by atoms with Gasteiger partial charge in [-0.2, -0.15) is 13.2 Å². The molecule has 2 rings (SSSR count). The van der Waals surface area contributed by atoms with Gasteiger partial charge in [0.25, 0.3) is 0 Å². The Morgan fingerprint density at radius 3 is 1.71 bits per heavy atom. The highest BCUT2D eigenvalue weighted by molar-refractivity contribution is 5.73. The maximum Gasteiger partial charge on any atom is 0.490 e. The molecule has 2 atom stereocenters. The van der Waals surface area contributed by atoms with E-state index in [-0.39, 0.29) is 5.92 Å². The van der Waals surface area contributed by atoms with Crippen LogP contribution in [0.3, 0.4) is 0 Å². The van der Waals surface area contributed by atoms with E-state index >= 15 is 0 Å². The summed E-state index contributed by atoms with van der Waals surface area (Å²) >= 11 is 0. The molecule has 2 aliphatic carbocycles. The van der Waals surface area contributed by atoms with E-state index in [1.54, 1.807) is 0 Å². The van der Waals surface area contributed by atoms with E-state index in [0.717, 1.165) is 12.8 Å². The van der Waals surface area contributed by atoms with Gasteiger partial charge in [-0.3, -0.25) is 4.79 Å². The number of carbonyl (C=O) groups is 2. The van der Waals surface area contributed by atoms with Gasteiger partial charge in [0.2, 0.25) is 0 Å². The van der Waals surface area contributed by atoms with Gasteiger partial charge in [0.1, 0.15) is 0 Å². The lowest BCUT2D eigenvalue weighted by Gasteiger charge is -2.05. The van der Waals surface area contributed by atoms with Crippen LogP contribution in [0.25, 0.3) is 0 Å². The summed E-state index contributed by atoms with van der Waals surface area (Å²) in [5.74, 6) is -2.40. The first-order valence-electron chi connectivity index (χ1n) is 4.93. The van der Waals surface area contributed by atoms with Gasteiger partial charge in [-0.25, -0.2) is 4.79 Å². The first kappa shape index (κ1) is 13.8. The first-order valence-corrected chi connectivity index (χ1v) is 4.93. The number of fused-ring (bicyclic) bond motifs is 1. The molecule has 0 saturated heterocycles. The summed E-state index contributed by atoms with van der Waals surface area (Å²) in [7, 11) is 0. The van der Waals surface area contributed by atoms with E-state index in [1.807, 2.05) is 0 Å². The molecule has 0 heterocycles. The molecule has 17 heavy (non-hydrogen) atoms. The van der Waals surface area contributed by atoms with Crippen LogP contribution in [0.2, 0.25) is 0 Å². The molecule has 0 aromatic carbocycles. The van der Waals surface area contributed by atoms with Crippen LogP contribution >= 0.6 is 0 Å². The third-order valence-electron chi connectivity index (χ3n) is 3.10. The van der Waals surface area contributed by atoms with Crippen LogP contribution in [0.5, 0.6) is 0 Å². The summed E-state index contributed by atoms with van der Waals surface area (Å²) in [5, 5.41) is 15.7. The molecule has 4 N–H and O–H groups in total. The van der Waals surface area contributed by atoms with Gasteiger partial charge in [-0.15, -0.1) is 0 Å². The predicted octanol–water partition coefficient (Wildman–Crippen LogP) is 0.688. The molecule has 2 unspecified atom stereocenters. The van der Waals surface area contributed by atoms with Gasteiger partial charge in [0, 0.05) is 6.04 Å². The highest BCUT2D eigenvalue weighted by atomic mass is 19.4. The Bertz CT molecular complexity index is 319. The van der Waals surface area contributed by atoms with E-state index in [4.69, 9.17) is 20.7 Å². The number of hydrogen-bond acceptors (Lipinski definition) is 3. The molecule has 0 aliphatic heterocycles. The summed E-state index contributed by atoms with van der Waals surface area (Å²) < 4.78 is 31.7. The minimum atomic E-state index is -5.08. The maximum absolute atomic E-state index is 10.6. The van der Waals surface area contributed by atoms with Crippen molar-refractivity contribution in [3.63, 3.8) is 0 Å². The fourth-order valence-corrected chi connectivity index (χ4v) is 2.09. The smallest absolute Gasteiger partial charge is 0.481 e. The van der Waals surface area contributed by atoms with Crippen LogP contribution in [0.1, 0.15) is 12.8 Å². The van der Waals surface area contributed by atoms with E-state index in [9.17, 15) is 18.0 Å². The van der Waals surface area contributed by atoms with Crippen molar-refractivity contribution >= 4 is 11.9 Å². The zero-order valence-electron chi connectivity index (χ0n) is 8.65. The molecule has 0 aromatic heterocycles. The molecule has 0 bridgehead atoms. The number of carboxylic acid groups (broad SMARTS) is 2. The topological polar surface area (TPSA) is 101 Å². The van der Waals surface area contributed by atoms with Crippen LogP contribution in [-0.2, 0) is 9.59 Å². The fraction of sp³-hybridized carbons (Fsp3) is 0.778. The molecule has 0 amide bonds. The number of aliphatic carboxylic acids is 2. The van der Waals surface area contributed by atoms with Crippen molar-refractivity contribution < 1.29 is 33.0 Å². The standard InChI is InChI=1S/C7H11NO2.C2HF3O2/c8-6-4-1-3(7(9)10)2-5(4)6;3-2(4,5)1(6)7/h3-6H,1-2,8H2,(H,9,10);(H,6,7). The van der Waals surface area contributed by atoms with E-state index in [1.165, 1.54) is 0 Å². The Balaban J connectivity index is 0.000000185. The molecule has 2 fully saturated rings. The van der Waals surface area contributed by atoms with Crippen LogP contribution < -0.4 is 5.73 Å². The number of rotatable bonds is 1. The molecule has 0 aromatic rings. The average Bonchev–Trinajstić information content (AvgIpc) is 2.64. The van der Waals surface area contributed by atoms with Crippen LogP contribution in [0, 0.1) is 17.8 Å². The number of nitrogens with two attached hydrogens (primary N) is 1. The summed E-state index contributed by atoms with van der Waals surface area (Å²) in [6.07, 6.45) is -3.44. The summed E-state index contributed by atoms with van der Waals surface area (Å²) in [5.41, 5.74) is 5.64. The minimum absolute atomic E-state index is 0.0881. The molecule has 0 spiro atoms. The first-order chi connectivity index (χ1) is 7.64. The third-order valence-corrected chi connectivity index (χ3v) is 3.10. The second kappa shape index (κ2) is 4.52. The monoisotopic (exact) mass is 255 g/mol. The second-order valence-electron chi connectivity index (χ2n) is 4.21. The Morgan fingerprint density at radius 2 is 1.47 bits per heavy atom. The van der Waals surface area contributed by atoms with Gasteiger partial charge in [-0.05, 0) is 24.7 Å². The summed E-state index contributed by atoms with van der Waals surface area (Å²) in [6, 6.07) is 0.329. The molecular weight excluding hydrogens is 243 g/mol. The summed E-state index contributed by atoms with van der Waals surface area (Å²) in [4.78, 5) is 19.3. The Morgan fingerprint density at radius 1 is 1.12 bits per heavy atom. The molecule has 98 valence electrons. The quantitative estimate of drug-likeness (QED) is 0.640. The second-order valence-corrected chi connectivity index (χ2v) is 4.21. The molecule has 5 nitrogen and oxygen atoms in total. The van der Waals surface area contributed by atoms with Crippen molar-refractivity contribution in [3.8, 4) is 0 Å². The lowest BCUT2D eigenvalue weighted by Crippen LogP contribution is -2.21. The van der Waals surface area contributed by atoms with E-state index in [2.05, 4.69) is 0 Å². The van der Waals surface area contributed by atoms with Crippen molar-refractivity contribution in [1.29, 1.82) is 0 Å². The zero-order chi connectivity index (χ0) is 13.4. The van der Waals surface area contributed by atoms with Gasteiger partial charge >= 0.3 is 18.1 Å². The highest BCUT2D eigenvalue weighted by Crippen LogP contribution is 2.53. The van der Waals surface area contributed by atoms with Crippen LogP contribution in [0.4, 0.5) is 13.2 Å². The number of carboxylic acids is 2. The van der Waals surface area contributed by atoms with Crippen molar-refractivity contribution in [2.75, 3.05) is 0 Å². The predicted molar refractivity (Wildman–Crippen MR) is 49.0 cm³/mol. The van der Waals surface area contributed by atoms with Gasteiger partial charge < -0.3 is 15.9 Å². The number of hydrogen-bond donors (Lipinski definition) is 3. The van der Waals surface area contributed by atoms with Crippen LogP contribution in [-0.4, -0.2) is 34.4 Å². The summed E-state index contributed by atoms with van der Waals surface area (Å²) in [6.45, 7) is 0. The van der Waals surface area contributed by atoms with Crippen LogP contribution in [0.15, 0.2) is 0 Å². The Labute approximate surface area is 94.4 Å². The Hall–Kier alpha value is -1.31. The van der Waals surface area contributed by atoms with E-state index < -0.39 is 18.1 Å². The van der Waals surface area contributed by atoms with Gasteiger partial charge in [-0.1, -0.05) is 0 Å². The molecule has 2 aliphatic rings. The SMILES string of the molecule is NC1C2CC(C(=O)O)CC12.O=C(O)C(F)(F)F. The van der Waals surface area contributed by atoms with E-state index in [0.29, 0.717) is 17.9 Å². The lowest BCUT2D eigenvalue weighted by molar-refractivity contribution is -0.192. The fourth-order valence-electron chi connectivity index (χ4n) is 2.09. The third kappa shape index (κ3) is 3.32. The van der Waals surface area contributed by atoms with Crippen molar-refractivity contribution in [2.24, 2.45) is 23.5 Å². The molecule has 0 radical (unpaired) electrons. The van der Waals surface area contributed by atoms with Crippen molar-refractivity contribution in [2.45, 2.75) is 25.1 Å². The zero-order valence-corrected chi connectivity index (χ0v) is 8.65. The number of alkyl halides is 3. The average molecular weight is 255 g/mol. The van der Waals surface area contributed by atoms with Gasteiger partial charge in [0.15, 0.2) is 0 Å².